The molecule has 0 radical (unpaired) electrons. The summed E-state index contributed by atoms with van der Waals surface area (Å²) in [7, 11) is 0. The van der Waals surface area contributed by atoms with Crippen molar-refractivity contribution in [3.05, 3.63) is 57.3 Å². The SMILES string of the molecule is C/C=C/COc1cc(NC(=S)c2ccsc2C)ccc1Cl. The highest BCUT2D eigenvalue weighted by Gasteiger charge is 2.08. The molecule has 0 bridgehead atoms. The van der Waals surface area contributed by atoms with Gasteiger partial charge in [0, 0.05) is 22.2 Å². The highest BCUT2D eigenvalue weighted by atomic mass is 35.5. The second-order valence-electron chi connectivity index (χ2n) is 4.37. The van der Waals surface area contributed by atoms with E-state index < -0.39 is 0 Å². The van der Waals surface area contributed by atoms with Crippen LogP contribution in [0.5, 0.6) is 5.75 Å². The lowest BCUT2D eigenvalue weighted by Gasteiger charge is -2.11. The minimum Gasteiger partial charge on any atom is -0.488 e. The van der Waals surface area contributed by atoms with Gasteiger partial charge in [-0.1, -0.05) is 36.0 Å². The van der Waals surface area contributed by atoms with E-state index in [-0.39, 0.29) is 0 Å². The predicted octanol–water partition coefficient (Wildman–Crippen LogP) is 5.45. The molecule has 0 saturated heterocycles. The Morgan fingerprint density at radius 3 is 2.90 bits per heavy atom. The lowest BCUT2D eigenvalue weighted by atomic mass is 10.2. The fourth-order valence-corrected chi connectivity index (χ4v) is 3.03. The molecule has 21 heavy (non-hydrogen) atoms. The molecule has 1 aromatic heterocycles. The Labute approximate surface area is 139 Å². The van der Waals surface area contributed by atoms with Crippen molar-refractivity contribution in [2.75, 3.05) is 11.9 Å². The highest BCUT2D eigenvalue weighted by Crippen LogP contribution is 2.28. The van der Waals surface area contributed by atoms with E-state index in [1.165, 1.54) is 4.88 Å². The smallest absolute Gasteiger partial charge is 0.140 e. The summed E-state index contributed by atoms with van der Waals surface area (Å²) >= 11 is 13.2. The first kappa shape index (κ1) is 16.0. The standard InChI is InChI=1S/C16H16ClNOS2/c1-3-4-8-19-15-10-12(5-6-14(15)17)18-16(20)13-7-9-21-11(13)2/h3-7,9-10H,8H2,1-2H3,(H,18,20)/b4-3+. The van der Waals surface area contributed by atoms with Crippen LogP contribution in [0.15, 0.2) is 41.8 Å². The summed E-state index contributed by atoms with van der Waals surface area (Å²) in [5, 5.41) is 5.84. The topological polar surface area (TPSA) is 21.3 Å². The fourth-order valence-electron chi connectivity index (χ4n) is 1.74. The highest BCUT2D eigenvalue weighted by molar-refractivity contribution is 7.81. The summed E-state index contributed by atoms with van der Waals surface area (Å²) in [5.74, 6) is 0.643. The van der Waals surface area contributed by atoms with Gasteiger partial charge in [0.05, 0.1) is 5.02 Å². The summed E-state index contributed by atoms with van der Waals surface area (Å²) in [4.78, 5) is 1.90. The Morgan fingerprint density at radius 2 is 2.24 bits per heavy atom. The van der Waals surface area contributed by atoms with E-state index in [0.717, 1.165) is 11.3 Å². The monoisotopic (exact) mass is 337 g/mol. The van der Waals surface area contributed by atoms with Crippen LogP contribution in [-0.2, 0) is 0 Å². The van der Waals surface area contributed by atoms with E-state index in [1.54, 1.807) is 17.4 Å². The molecule has 2 nitrogen and oxygen atoms in total. The quantitative estimate of drug-likeness (QED) is 0.578. The van der Waals surface area contributed by atoms with E-state index in [2.05, 4.69) is 12.2 Å². The first-order valence-electron chi connectivity index (χ1n) is 6.50. The number of benzene rings is 1. The molecule has 0 aliphatic heterocycles. The number of aryl methyl sites for hydroxylation is 1. The second-order valence-corrected chi connectivity index (χ2v) is 6.31. The van der Waals surface area contributed by atoms with Crippen molar-refractivity contribution in [1.82, 2.24) is 0 Å². The van der Waals surface area contributed by atoms with Gasteiger partial charge in [0.25, 0.3) is 0 Å². The van der Waals surface area contributed by atoms with E-state index in [4.69, 9.17) is 28.6 Å². The molecule has 1 heterocycles. The number of ether oxygens (including phenoxy) is 1. The average molecular weight is 338 g/mol. The number of hydrogen-bond donors (Lipinski definition) is 1. The minimum atomic E-state index is 0.494. The largest absolute Gasteiger partial charge is 0.488 e. The van der Waals surface area contributed by atoms with Crippen molar-refractivity contribution < 1.29 is 4.74 Å². The molecular formula is C16H16ClNOS2. The van der Waals surface area contributed by atoms with Gasteiger partial charge in [-0.15, -0.1) is 11.3 Å². The molecule has 0 aliphatic carbocycles. The van der Waals surface area contributed by atoms with Crippen molar-refractivity contribution in [3.8, 4) is 5.75 Å². The summed E-state index contributed by atoms with van der Waals surface area (Å²) < 4.78 is 5.61. The van der Waals surface area contributed by atoms with Crippen LogP contribution in [0.2, 0.25) is 5.02 Å². The van der Waals surface area contributed by atoms with Crippen LogP contribution in [0.1, 0.15) is 17.4 Å². The molecule has 2 aromatic rings. The number of nitrogens with one attached hydrogen (secondary N) is 1. The number of allylic oxidation sites excluding steroid dienone is 1. The van der Waals surface area contributed by atoms with E-state index in [0.29, 0.717) is 22.4 Å². The maximum Gasteiger partial charge on any atom is 0.140 e. The third kappa shape index (κ3) is 4.30. The number of thiocarbonyl (C=S) groups is 1. The molecule has 1 aromatic carbocycles. The molecule has 0 fully saturated rings. The molecule has 0 atom stereocenters. The molecule has 5 heteroatoms. The molecule has 0 aliphatic rings. The molecule has 0 spiro atoms. The van der Waals surface area contributed by atoms with Crippen molar-refractivity contribution in [1.29, 1.82) is 0 Å². The first-order valence-corrected chi connectivity index (χ1v) is 8.17. The van der Waals surface area contributed by atoms with Gasteiger partial charge >= 0.3 is 0 Å². The minimum absolute atomic E-state index is 0.494. The van der Waals surface area contributed by atoms with Crippen molar-refractivity contribution in [3.63, 3.8) is 0 Å². The van der Waals surface area contributed by atoms with Crippen molar-refractivity contribution >= 4 is 45.8 Å². The molecule has 110 valence electrons. The van der Waals surface area contributed by atoms with Crippen molar-refractivity contribution in [2.24, 2.45) is 0 Å². The number of rotatable bonds is 5. The molecule has 0 amide bonds. The number of halogens is 1. The normalized spacial score (nSPS) is 10.8. The second kappa shape index (κ2) is 7.59. The Bertz CT molecular complexity index is 664. The van der Waals surface area contributed by atoms with Crippen molar-refractivity contribution in [2.45, 2.75) is 13.8 Å². The van der Waals surface area contributed by atoms with Crippen LogP contribution >= 0.6 is 35.2 Å². The zero-order valence-electron chi connectivity index (χ0n) is 11.9. The molecule has 0 unspecified atom stereocenters. The lowest BCUT2D eigenvalue weighted by Crippen LogP contribution is -2.10. The summed E-state index contributed by atoms with van der Waals surface area (Å²) in [6.45, 7) is 4.50. The molecule has 0 saturated carbocycles. The van der Waals surface area contributed by atoms with Crippen LogP contribution in [0.4, 0.5) is 5.69 Å². The van der Waals surface area contributed by atoms with Crippen LogP contribution in [0.25, 0.3) is 0 Å². The van der Waals surface area contributed by atoms with Crippen LogP contribution < -0.4 is 10.1 Å². The Balaban J connectivity index is 2.12. The van der Waals surface area contributed by atoms with Gasteiger partial charge in [0.2, 0.25) is 0 Å². The Kier molecular flexibility index (Phi) is 5.79. The Morgan fingerprint density at radius 1 is 1.43 bits per heavy atom. The Hall–Kier alpha value is -1.36. The van der Waals surface area contributed by atoms with Crippen LogP contribution in [0.3, 0.4) is 0 Å². The van der Waals surface area contributed by atoms with Gasteiger partial charge in [-0.05, 0) is 37.4 Å². The number of thiophene rings is 1. The summed E-state index contributed by atoms with van der Waals surface area (Å²) in [5.41, 5.74) is 1.92. The van der Waals surface area contributed by atoms with E-state index in [9.17, 15) is 0 Å². The van der Waals surface area contributed by atoms with Crippen LogP contribution in [0, 0.1) is 6.92 Å². The van der Waals surface area contributed by atoms with Gasteiger partial charge < -0.3 is 10.1 Å². The van der Waals surface area contributed by atoms with E-state index >= 15 is 0 Å². The van der Waals surface area contributed by atoms with Gasteiger partial charge in [0.15, 0.2) is 0 Å². The summed E-state index contributed by atoms with van der Waals surface area (Å²) in [6, 6.07) is 7.57. The fraction of sp³-hybridized carbons (Fsp3) is 0.188. The maximum absolute atomic E-state index is 6.13. The van der Waals surface area contributed by atoms with E-state index in [1.807, 2.05) is 42.7 Å². The summed E-state index contributed by atoms with van der Waals surface area (Å²) in [6.07, 6.45) is 3.86. The third-order valence-corrected chi connectivity index (χ3v) is 4.34. The van der Waals surface area contributed by atoms with Gasteiger partial charge in [-0.25, -0.2) is 0 Å². The zero-order chi connectivity index (χ0) is 15.2. The predicted molar refractivity (Wildman–Crippen MR) is 96.1 cm³/mol. The zero-order valence-corrected chi connectivity index (χ0v) is 14.2. The van der Waals surface area contributed by atoms with Gasteiger partial charge in [-0.2, -0.15) is 0 Å². The number of hydrogen-bond acceptors (Lipinski definition) is 3. The molecule has 1 N–H and O–H groups in total. The molecule has 2 rings (SSSR count). The van der Waals surface area contributed by atoms with Crippen LogP contribution in [-0.4, -0.2) is 11.6 Å². The average Bonchev–Trinajstić information content (AvgIpc) is 2.89. The van der Waals surface area contributed by atoms with Gasteiger partial charge in [0.1, 0.15) is 17.3 Å². The first-order chi connectivity index (χ1) is 10.1. The lowest BCUT2D eigenvalue weighted by molar-refractivity contribution is 0.363. The molecular weight excluding hydrogens is 322 g/mol. The van der Waals surface area contributed by atoms with Gasteiger partial charge in [-0.3, -0.25) is 0 Å². The third-order valence-electron chi connectivity index (χ3n) is 2.86. The maximum atomic E-state index is 6.13. The number of anilines is 1.